The number of ether oxygens (including phenoxy) is 3. The van der Waals surface area contributed by atoms with Crippen molar-refractivity contribution in [3.63, 3.8) is 0 Å². The van der Waals surface area contributed by atoms with Crippen molar-refractivity contribution >= 4 is 45.4 Å². The van der Waals surface area contributed by atoms with Crippen LogP contribution in [0.4, 0.5) is 19.4 Å². The molecule has 3 atom stereocenters. The molecule has 5 aliphatic heterocycles. The van der Waals surface area contributed by atoms with E-state index in [1.165, 1.54) is 0 Å². The average Bonchev–Trinajstić information content (AvgIpc) is 3.73. The predicted molar refractivity (Wildman–Crippen MR) is 162 cm³/mol. The van der Waals surface area contributed by atoms with Crippen molar-refractivity contribution in [2.24, 2.45) is 5.92 Å². The number of halogens is 3. The van der Waals surface area contributed by atoms with Crippen molar-refractivity contribution < 1.29 is 27.8 Å². The summed E-state index contributed by atoms with van der Waals surface area (Å²) in [7, 11) is 0. The van der Waals surface area contributed by atoms with Crippen LogP contribution in [0.3, 0.4) is 0 Å². The maximum Gasteiger partial charge on any atom is 0.508 e. The molecule has 45 heavy (non-hydrogen) atoms. The van der Waals surface area contributed by atoms with Crippen molar-refractivity contribution in [2.45, 2.75) is 50.2 Å². The molecule has 0 saturated carbocycles. The fourth-order valence-corrected chi connectivity index (χ4v) is 7.92. The molecule has 1 N–H and O–H groups in total. The topological polar surface area (TPSA) is 119 Å². The van der Waals surface area contributed by atoms with Crippen LogP contribution in [0, 0.1) is 11.7 Å². The number of anilines is 1. The summed E-state index contributed by atoms with van der Waals surface area (Å²) in [5.41, 5.74) is 1.25. The summed E-state index contributed by atoms with van der Waals surface area (Å²) < 4.78 is 48.5. The number of nitrogens with one attached hydrogen (secondary N) is 1. The van der Waals surface area contributed by atoms with Crippen molar-refractivity contribution in [1.82, 2.24) is 30.0 Å². The highest BCUT2D eigenvalue weighted by Gasteiger charge is 2.49. The van der Waals surface area contributed by atoms with Gasteiger partial charge >= 0.3 is 12.2 Å². The number of H-pyrrole nitrogens is 1. The molecule has 8 heterocycles. The van der Waals surface area contributed by atoms with Crippen LogP contribution in [0.1, 0.15) is 37.7 Å². The Bertz CT molecular complexity index is 1810. The van der Waals surface area contributed by atoms with E-state index in [1.54, 1.807) is 18.5 Å². The third-order valence-corrected chi connectivity index (χ3v) is 10.1. The maximum atomic E-state index is 16.9. The predicted octanol–water partition coefficient (Wildman–Crippen LogP) is 5.24. The van der Waals surface area contributed by atoms with Gasteiger partial charge in [0.2, 0.25) is 0 Å². The molecule has 0 unspecified atom stereocenters. The van der Waals surface area contributed by atoms with E-state index in [-0.39, 0.29) is 49.4 Å². The Hall–Kier alpha value is -3.84. The van der Waals surface area contributed by atoms with Crippen LogP contribution in [0.5, 0.6) is 6.01 Å². The Morgan fingerprint density at radius 3 is 2.98 bits per heavy atom. The first kappa shape index (κ1) is 28.6. The molecule has 3 aromatic heterocycles. The van der Waals surface area contributed by atoms with E-state index in [1.807, 2.05) is 4.90 Å². The van der Waals surface area contributed by atoms with E-state index in [9.17, 15) is 9.18 Å². The summed E-state index contributed by atoms with van der Waals surface area (Å²) in [4.78, 5) is 30.7. The molecular weight excluding hydrogens is 608 g/mol. The normalized spacial score (nSPS) is 25.5. The second kappa shape index (κ2) is 11.2. The first-order valence-corrected chi connectivity index (χ1v) is 15.8. The SMILES string of the molecule is O=C1OCCc2c(Cl)cc3[nH]ncc3c2-c2ncc3c(nc(OC[C@@]45CCCN4C[C@H](F)C5)nc3c2F)N2CCC[C@@H](CO1)C2. The fourth-order valence-electron chi connectivity index (χ4n) is 7.62. The quantitative estimate of drug-likeness (QED) is 0.298. The number of piperidine rings is 1. The van der Waals surface area contributed by atoms with Crippen LogP contribution in [-0.4, -0.2) is 93.9 Å². The molecule has 0 amide bonds. The molecule has 6 bridgehead atoms. The van der Waals surface area contributed by atoms with E-state index in [4.69, 9.17) is 30.8 Å². The number of benzene rings is 1. The van der Waals surface area contributed by atoms with Gasteiger partial charge in [-0.15, -0.1) is 0 Å². The molecule has 236 valence electrons. The third-order valence-electron chi connectivity index (χ3n) is 9.74. The molecule has 4 aromatic rings. The van der Waals surface area contributed by atoms with Gasteiger partial charge in [0.25, 0.3) is 0 Å². The maximum absolute atomic E-state index is 16.9. The molecule has 3 fully saturated rings. The largest absolute Gasteiger partial charge is 0.508 e. The highest BCUT2D eigenvalue weighted by molar-refractivity contribution is 6.33. The molecule has 5 aliphatic rings. The molecule has 0 aliphatic carbocycles. The highest BCUT2D eigenvalue weighted by atomic mass is 35.5. The Morgan fingerprint density at radius 1 is 1.16 bits per heavy atom. The lowest BCUT2D eigenvalue weighted by Crippen LogP contribution is -2.43. The molecule has 14 heteroatoms. The van der Waals surface area contributed by atoms with Gasteiger partial charge in [0.15, 0.2) is 5.82 Å². The van der Waals surface area contributed by atoms with Gasteiger partial charge in [-0.2, -0.15) is 15.1 Å². The van der Waals surface area contributed by atoms with Gasteiger partial charge in [0, 0.05) is 60.6 Å². The molecule has 0 spiro atoms. The van der Waals surface area contributed by atoms with Gasteiger partial charge in [-0.1, -0.05) is 11.6 Å². The number of carbonyl (C=O) groups is 1. The molecule has 9 rings (SSSR count). The minimum atomic E-state index is -0.906. The Kier molecular flexibility index (Phi) is 7.12. The summed E-state index contributed by atoms with van der Waals surface area (Å²) in [5, 5.41) is 8.44. The summed E-state index contributed by atoms with van der Waals surface area (Å²) >= 11 is 6.71. The van der Waals surface area contributed by atoms with E-state index in [0.29, 0.717) is 64.3 Å². The molecule has 11 nitrogen and oxygen atoms in total. The van der Waals surface area contributed by atoms with Gasteiger partial charge in [0.1, 0.15) is 29.8 Å². The van der Waals surface area contributed by atoms with Crippen LogP contribution in [-0.2, 0) is 15.9 Å². The number of hydrogen-bond donors (Lipinski definition) is 1. The fraction of sp³-hybridized carbons (Fsp3) is 0.516. The van der Waals surface area contributed by atoms with E-state index >= 15 is 4.39 Å². The average molecular weight is 640 g/mol. The lowest BCUT2D eigenvalue weighted by molar-refractivity contribution is 0.0433. The van der Waals surface area contributed by atoms with Gasteiger partial charge in [-0.3, -0.25) is 15.0 Å². The van der Waals surface area contributed by atoms with Crippen molar-refractivity contribution in [1.29, 1.82) is 0 Å². The van der Waals surface area contributed by atoms with Crippen LogP contribution in [0.15, 0.2) is 18.5 Å². The molecule has 3 saturated heterocycles. The van der Waals surface area contributed by atoms with Gasteiger partial charge in [-0.25, -0.2) is 13.6 Å². The zero-order chi connectivity index (χ0) is 30.7. The van der Waals surface area contributed by atoms with Crippen LogP contribution in [0.25, 0.3) is 33.1 Å². The van der Waals surface area contributed by atoms with Gasteiger partial charge in [-0.05, 0) is 43.9 Å². The number of pyridine rings is 1. The smallest absolute Gasteiger partial charge is 0.461 e. The van der Waals surface area contributed by atoms with Gasteiger partial charge in [0.05, 0.1) is 35.9 Å². The van der Waals surface area contributed by atoms with Crippen molar-refractivity contribution in [2.75, 3.05) is 50.9 Å². The van der Waals surface area contributed by atoms with Gasteiger partial charge < -0.3 is 19.1 Å². The number of fused-ring (bicyclic) bond motifs is 8. The van der Waals surface area contributed by atoms with Crippen LogP contribution in [0.2, 0.25) is 5.02 Å². The van der Waals surface area contributed by atoms with E-state index in [0.717, 1.165) is 32.2 Å². The number of nitrogens with zero attached hydrogens (tertiary/aromatic N) is 6. The first-order valence-electron chi connectivity index (χ1n) is 15.5. The Labute approximate surface area is 262 Å². The minimum Gasteiger partial charge on any atom is -0.461 e. The lowest BCUT2D eigenvalue weighted by atomic mass is 9.95. The number of rotatable bonds is 3. The minimum absolute atomic E-state index is 0.0149. The van der Waals surface area contributed by atoms with E-state index in [2.05, 4.69) is 25.1 Å². The van der Waals surface area contributed by atoms with Crippen molar-refractivity contribution in [3.05, 3.63) is 34.9 Å². The standard InChI is InChI=1S/C31H32ClF2N7O4/c32-22-9-23-20(12-36-39-23)24-19(22)4-8-43-30(42)44-15-17-3-1-6-40(13-17)28-21-11-35-27(24)25(34)26(21)37-29(38-28)45-16-31-5-2-7-41(31)14-18(33)10-31/h9,11-12,17-18H,1-8,10,13-16H2,(H,36,39)/t17-,18-,31+/m1/s1. The summed E-state index contributed by atoms with van der Waals surface area (Å²) in [6.07, 6.45) is 5.55. The zero-order valence-corrected chi connectivity index (χ0v) is 25.3. The second-order valence-corrected chi connectivity index (χ2v) is 12.9. The van der Waals surface area contributed by atoms with Crippen LogP contribution >= 0.6 is 11.6 Å². The highest BCUT2D eigenvalue weighted by Crippen LogP contribution is 2.42. The summed E-state index contributed by atoms with van der Waals surface area (Å²) in [6.45, 7) is 2.77. The number of hydrogen-bond acceptors (Lipinski definition) is 10. The zero-order valence-electron chi connectivity index (χ0n) is 24.5. The Balaban J connectivity index is 1.29. The first-order chi connectivity index (χ1) is 21.9. The molecule has 0 radical (unpaired) electrons. The van der Waals surface area contributed by atoms with E-state index < -0.39 is 23.7 Å². The molecule has 1 aromatic carbocycles. The monoisotopic (exact) mass is 639 g/mol. The summed E-state index contributed by atoms with van der Waals surface area (Å²) in [6, 6.07) is 1.73. The lowest BCUT2D eigenvalue weighted by Gasteiger charge is -2.34. The van der Waals surface area contributed by atoms with Crippen LogP contribution < -0.4 is 9.64 Å². The number of aromatic amines is 1. The number of alkyl halides is 1. The summed E-state index contributed by atoms with van der Waals surface area (Å²) in [5.74, 6) is -0.151. The second-order valence-electron chi connectivity index (χ2n) is 12.5. The third kappa shape index (κ3) is 5.00. The Morgan fingerprint density at radius 2 is 2.07 bits per heavy atom. The molecular formula is C31H32ClF2N7O4. The number of aromatic nitrogens is 5. The van der Waals surface area contributed by atoms with Crippen molar-refractivity contribution in [3.8, 4) is 17.3 Å². The number of carbonyl (C=O) groups excluding carboxylic acids is 1.